The molecule has 78 valence electrons. The zero-order valence-electron chi connectivity index (χ0n) is 8.57. The Labute approximate surface area is 78.5 Å². The van der Waals surface area contributed by atoms with E-state index in [4.69, 9.17) is 9.84 Å². The number of carbonyl (C=O) groups is 1. The van der Waals surface area contributed by atoms with E-state index in [1.54, 1.807) is 20.8 Å². The minimum absolute atomic E-state index is 0.411. The lowest BCUT2D eigenvalue weighted by atomic mass is 9.88. The van der Waals surface area contributed by atoms with Crippen LogP contribution in [0.2, 0.25) is 0 Å². The van der Waals surface area contributed by atoms with Gasteiger partial charge in [0.25, 0.3) is 0 Å². The topological polar surface area (TPSA) is 66.8 Å². The molecule has 13 heavy (non-hydrogen) atoms. The van der Waals surface area contributed by atoms with Crippen molar-refractivity contribution in [3.05, 3.63) is 0 Å². The molecule has 0 aromatic carbocycles. The molecular formula is C9H18O4. The summed E-state index contributed by atoms with van der Waals surface area (Å²) in [6.45, 7) is 5.89. The zero-order chi connectivity index (χ0) is 10.7. The van der Waals surface area contributed by atoms with Crippen LogP contribution in [-0.4, -0.2) is 40.4 Å². The van der Waals surface area contributed by atoms with Gasteiger partial charge in [-0.15, -0.1) is 0 Å². The summed E-state index contributed by atoms with van der Waals surface area (Å²) >= 11 is 0. The number of rotatable bonds is 5. The standard InChI is InChI=1S/C9H18O4/c1-7(5-10)13-8(2,3)9(4,12)6-11/h5,7,11-12H,6H2,1-4H3. The molecule has 0 heterocycles. The molecule has 0 saturated heterocycles. The highest BCUT2D eigenvalue weighted by atomic mass is 16.5. The summed E-state index contributed by atoms with van der Waals surface area (Å²) < 4.78 is 5.26. The first kappa shape index (κ1) is 12.6. The molecule has 0 amide bonds. The number of aldehydes is 1. The fourth-order valence-electron chi connectivity index (χ4n) is 0.810. The number of aliphatic hydroxyl groups is 2. The van der Waals surface area contributed by atoms with Gasteiger partial charge in [0.1, 0.15) is 18.0 Å². The average Bonchev–Trinajstić information content (AvgIpc) is 2.03. The molecule has 0 rings (SSSR count). The van der Waals surface area contributed by atoms with E-state index < -0.39 is 23.9 Å². The van der Waals surface area contributed by atoms with Crippen LogP contribution in [0.5, 0.6) is 0 Å². The van der Waals surface area contributed by atoms with Gasteiger partial charge in [-0.1, -0.05) is 0 Å². The van der Waals surface area contributed by atoms with Crippen LogP contribution in [-0.2, 0) is 9.53 Å². The van der Waals surface area contributed by atoms with Crippen molar-refractivity contribution >= 4 is 6.29 Å². The molecule has 4 nitrogen and oxygen atoms in total. The highest BCUT2D eigenvalue weighted by Gasteiger charge is 2.40. The van der Waals surface area contributed by atoms with Gasteiger partial charge < -0.3 is 19.7 Å². The van der Waals surface area contributed by atoms with Gasteiger partial charge >= 0.3 is 0 Å². The zero-order valence-corrected chi connectivity index (χ0v) is 8.57. The molecule has 2 unspecified atom stereocenters. The Morgan fingerprint density at radius 2 is 1.92 bits per heavy atom. The van der Waals surface area contributed by atoms with Crippen LogP contribution in [0.3, 0.4) is 0 Å². The Morgan fingerprint density at radius 1 is 1.46 bits per heavy atom. The van der Waals surface area contributed by atoms with Crippen molar-refractivity contribution in [2.45, 2.75) is 45.0 Å². The molecule has 0 aliphatic rings. The van der Waals surface area contributed by atoms with Gasteiger partial charge in [0.2, 0.25) is 0 Å². The van der Waals surface area contributed by atoms with Crippen LogP contribution >= 0.6 is 0 Å². The largest absolute Gasteiger partial charge is 0.393 e. The van der Waals surface area contributed by atoms with Gasteiger partial charge in [-0.2, -0.15) is 0 Å². The molecule has 0 spiro atoms. The molecule has 0 saturated carbocycles. The third kappa shape index (κ3) is 3.06. The summed E-state index contributed by atoms with van der Waals surface area (Å²) in [5.74, 6) is 0. The Kier molecular flexibility index (Phi) is 4.03. The Morgan fingerprint density at radius 3 is 2.23 bits per heavy atom. The summed E-state index contributed by atoms with van der Waals surface area (Å²) in [7, 11) is 0. The SMILES string of the molecule is CC(C=O)OC(C)(C)C(C)(O)CO. The highest BCUT2D eigenvalue weighted by molar-refractivity contribution is 5.55. The Bertz CT molecular complexity index is 174. The molecule has 2 atom stereocenters. The quantitative estimate of drug-likeness (QED) is 0.604. The molecule has 0 bridgehead atoms. The van der Waals surface area contributed by atoms with Crippen LogP contribution in [0.4, 0.5) is 0 Å². The summed E-state index contributed by atoms with van der Waals surface area (Å²) in [5.41, 5.74) is -2.31. The van der Waals surface area contributed by atoms with Crippen molar-refractivity contribution in [1.82, 2.24) is 0 Å². The van der Waals surface area contributed by atoms with Crippen LogP contribution in [0.25, 0.3) is 0 Å². The van der Waals surface area contributed by atoms with E-state index in [9.17, 15) is 9.90 Å². The van der Waals surface area contributed by atoms with E-state index in [1.165, 1.54) is 6.92 Å². The third-order valence-corrected chi connectivity index (χ3v) is 2.28. The third-order valence-electron chi connectivity index (χ3n) is 2.28. The van der Waals surface area contributed by atoms with Crippen molar-refractivity contribution in [3.63, 3.8) is 0 Å². The number of hydrogen-bond donors (Lipinski definition) is 2. The average molecular weight is 190 g/mol. The van der Waals surface area contributed by atoms with E-state index in [1.807, 2.05) is 0 Å². The van der Waals surface area contributed by atoms with Crippen molar-refractivity contribution in [1.29, 1.82) is 0 Å². The van der Waals surface area contributed by atoms with E-state index >= 15 is 0 Å². The van der Waals surface area contributed by atoms with Crippen LogP contribution in [0.1, 0.15) is 27.7 Å². The lowest BCUT2D eigenvalue weighted by Crippen LogP contribution is -2.53. The molecule has 4 heteroatoms. The fraction of sp³-hybridized carbons (Fsp3) is 0.889. The van der Waals surface area contributed by atoms with Gasteiger partial charge in [-0.25, -0.2) is 0 Å². The van der Waals surface area contributed by atoms with Crippen LogP contribution in [0, 0.1) is 0 Å². The summed E-state index contributed by atoms with van der Waals surface area (Å²) in [6.07, 6.45) is 0.0582. The monoisotopic (exact) mass is 190 g/mol. The molecule has 0 fully saturated rings. The number of carbonyl (C=O) groups excluding carboxylic acids is 1. The predicted octanol–water partition coefficient (Wildman–Crippen LogP) is 0.112. The molecule has 0 aromatic rings. The first-order valence-electron chi connectivity index (χ1n) is 4.23. The second-order valence-electron chi connectivity index (χ2n) is 3.90. The smallest absolute Gasteiger partial charge is 0.148 e. The first-order valence-corrected chi connectivity index (χ1v) is 4.23. The summed E-state index contributed by atoms with van der Waals surface area (Å²) in [4.78, 5) is 10.3. The van der Waals surface area contributed by atoms with E-state index in [0.717, 1.165) is 0 Å². The lowest BCUT2D eigenvalue weighted by Gasteiger charge is -2.39. The second-order valence-corrected chi connectivity index (χ2v) is 3.90. The normalized spacial score (nSPS) is 19.2. The van der Waals surface area contributed by atoms with E-state index in [0.29, 0.717) is 6.29 Å². The minimum atomic E-state index is -1.36. The van der Waals surface area contributed by atoms with Gasteiger partial charge in [0, 0.05) is 0 Å². The summed E-state index contributed by atoms with van der Waals surface area (Å²) in [5, 5.41) is 18.6. The molecule has 0 aliphatic carbocycles. The fourth-order valence-corrected chi connectivity index (χ4v) is 0.810. The van der Waals surface area contributed by atoms with Crippen molar-refractivity contribution < 1.29 is 19.7 Å². The lowest BCUT2D eigenvalue weighted by molar-refractivity contribution is -0.190. The Hall–Kier alpha value is -0.450. The summed E-state index contributed by atoms with van der Waals surface area (Å²) in [6, 6.07) is 0. The molecule has 0 aliphatic heterocycles. The number of aliphatic hydroxyl groups excluding tert-OH is 1. The van der Waals surface area contributed by atoms with Crippen LogP contribution in [0.15, 0.2) is 0 Å². The Balaban J connectivity index is 4.46. The number of ether oxygens (including phenoxy) is 1. The maximum absolute atomic E-state index is 10.3. The number of hydrogen-bond acceptors (Lipinski definition) is 4. The highest BCUT2D eigenvalue weighted by Crippen LogP contribution is 2.26. The van der Waals surface area contributed by atoms with E-state index in [2.05, 4.69) is 0 Å². The van der Waals surface area contributed by atoms with Crippen molar-refractivity contribution in [2.75, 3.05) is 6.61 Å². The molecule has 0 aromatic heterocycles. The van der Waals surface area contributed by atoms with Gasteiger partial charge in [-0.05, 0) is 27.7 Å². The maximum atomic E-state index is 10.3. The minimum Gasteiger partial charge on any atom is -0.393 e. The van der Waals surface area contributed by atoms with Crippen LogP contribution < -0.4 is 0 Å². The molecule has 2 N–H and O–H groups in total. The van der Waals surface area contributed by atoms with E-state index in [-0.39, 0.29) is 0 Å². The second kappa shape index (κ2) is 4.17. The van der Waals surface area contributed by atoms with Gasteiger partial charge in [0.05, 0.1) is 12.2 Å². The van der Waals surface area contributed by atoms with Crippen molar-refractivity contribution in [3.8, 4) is 0 Å². The predicted molar refractivity (Wildman–Crippen MR) is 48.4 cm³/mol. The van der Waals surface area contributed by atoms with Gasteiger partial charge in [-0.3, -0.25) is 0 Å². The maximum Gasteiger partial charge on any atom is 0.148 e. The molecule has 0 radical (unpaired) electrons. The van der Waals surface area contributed by atoms with Crippen molar-refractivity contribution in [2.24, 2.45) is 0 Å². The molecular weight excluding hydrogens is 172 g/mol. The van der Waals surface area contributed by atoms with Gasteiger partial charge in [0.15, 0.2) is 0 Å². The first-order chi connectivity index (χ1) is 5.77.